The molecular formula is C17H20N6O2S. The minimum Gasteiger partial charge on any atom is -0.245 e. The molecule has 0 aliphatic carbocycles. The summed E-state index contributed by atoms with van der Waals surface area (Å²) in [5.74, 6) is 1.60. The Hall–Kier alpha value is -2.55. The second-order valence-electron chi connectivity index (χ2n) is 6.72. The fourth-order valence-electron chi connectivity index (χ4n) is 3.21. The molecule has 1 aliphatic rings. The van der Waals surface area contributed by atoms with Gasteiger partial charge in [0.2, 0.25) is 0 Å². The van der Waals surface area contributed by atoms with Crippen LogP contribution in [0, 0.1) is 6.92 Å². The van der Waals surface area contributed by atoms with Gasteiger partial charge in [-0.3, -0.25) is 0 Å². The first kappa shape index (κ1) is 16.9. The molecule has 1 aromatic carbocycles. The van der Waals surface area contributed by atoms with Gasteiger partial charge in [0.1, 0.15) is 25.0 Å². The molecule has 8 nitrogen and oxygen atoms in total. The summed E-state index contributed by atoms with van der Waals surface area (Å²) in [7, 11) is -2.99. The fraction of sp³-hybridized carbons (Fsp3) is 0.412. The molecule has 0 unspecified atom stereocenters. The van der Waals surface area contributed by atoms with Crippen LogP contribution in [0.5, 0.6) is 0 Å². The Morgan fingerprint density at radius 3 is 2.65 bits per heavy atom. The molecule has 1 aliphatic heterocycles. The third-order valence-corrected chi connectivity index (χ3v) is 6.33. The van der Waals surface area contributed by atoms with Crippen molar-refractivity contribution in [3.05, 3.63) is 59.7 Å². The summed E-state index contributed by atoms with van der Waals surface area (Å²) in [4.78, 5) is 8.58. The predicted molar refractivity (Wildman–Crippen MR) is 95.4 cm³/mol. The zero-order valence-electron chi connectivity index (χ0n) is 14.5. The standard InChI is InChI=1S/C17H20N6O2S/c1-13-2-4-14(5-3-13)8-23-17(15-6-7-26(24,25)10-15)20-16(21-23)9-22-12-18-11-19-22/h2-5,11-12,15H,6-10H2,1H3/t15-/m1/s1. The van der Waals surface area contributed by atoms with Crippen molar-refractivity contribution in [3.8, 4) is 0 Å². The third-order valence-electron chi connectivity index (χ3n) is 4.56. The number of hydrogen-bond donors (Lipinski definition) is 0. The van der Waals surface area contributed by atoms with E-state index in [2.05, 4.69) is 44.4 Å². The van der Waals surface area contributed by atoms with Crippen LogP contribution in [0.1, 0.15) is 35.1 Å². The van der Waals surface area contributed by atoms with Gasteiger partial charge in [0.15, 0.2) is 15.7 Å². The number of hydrogen-bond acceptors (Lipinski definition) is 6. The quantitative estimate of drug-likeness (QED) is 0.667. The summed E-state index contributed by atoms with van der Waals surface area (Å²) in [6, 6.07) is 8.23. The lowest BCUT2D eigenvalue weighted by Gasteiger charge is -2.10. The van der Waals surface area contributed by atoms with Gasteiger partial charge in [-0.1, -0.05) is 29.8 Å². The summed E-state index contributed by atoms with van der Waals surface area (Å²) >= 11 is 0. The van der Waals surface area contributed by atoms with E-state index in [1.54, 1.807) is 11.0 Å². The SMILES string of the molecule is Cc1ccc(Cn2nc(Cn3cncn3)nc2[C@@H]2CCS(=O)(=O)C2)cc1. The first-order valence-electron chi connectivity index (χ1n) is 8.50. The number of rotatable bonds is 5. The molecule has 1 fully saturated rings. The lowest BCUT2D eigenvalue weighted by molar-refractivity contribution is 0.580. The van der Waals surface area contributed by atoms with Gasteiger partial charge in [0.05, 0.1) is 18.1 Å². The van der Waals surface area contributed by atoms with E-state index < -0.39 is 9.84 Å². The van der Waals surface area contributed by atoms with Crippen LogP contribution in [-0.4, -0.2) is 49.5 Å². The van der Waals surface area contributed by atoms with Crippen LogP contribution in [0.15, 0.2) is 36.9 Å². The monoisotopic (exact) mass is 372 g/mol. The predicted octanol–water partition coefficient (Wildman–Crippen LogP) is 1.18. The van der Waals surface area contributed by atoms with Crippen molar-refractivity contribution >= 4 is 9.84 Å². The highest BCUT2D eigenvalue weighted by Gasteiger charge is 2.33. The van der Waals surface area contributed by atoms with Crippen LogP contribution < -0.4 is 0 Å². The first-order chi connectivity index (χ1) is 12.5. The van der Waals surface area contributed by atoms with Gasteiger partial charge in [-0.05, 0) is 18.9 Å². The minimum absolute atomic E-state index is 0.109. The van der Waals surface area contributed by atoms with E-state index in [4.69, 9.17) is 0 Å². The third kappa shape index (κ3) is 3.67. The van der Waals surface area contributed by atoms with Gasteiger partial charge in [-0.15, -0.1) is 0 Å². The van der Waals surface area contributed by atoms with Gasteiger partial charge in [-0.25, -0.2) is 27.7 Å². The van der Waals surface area contributed by atoms with Crippen LogP contribution in [0.3, 0.4) is 0 Å². The number of benzene rings is 1. The van der Waals surface area contributed by atoms with E-state index in [0.29, 0.717) is 25.3 Å². The Morgan fingerprint density at radius 2 is 2.00 bits per heavy atom. The number of aryl methyl sites for hydroxylation is 1. The van der Waals surface area contributed by atoms with Crippen LogP contribution in [0.25, 0.3) is 0 Å². The Labute approximate surface area is 151 Å². The molecule has 1 saturated heterocycles. The van der Waals surface area contributed by atoms with E-state index in [9.17, 15) is 8.42 Å². The van der Waals surface area contributed by atoms with Crippen LogP contribution in [0.2, 0.25) is 0 Å². The van der Waals surface area contributed by atoms with Gasteiger partial charge in [-0.2, -0.15) is 10.2 Å². The largest absolute Gasteiger partial charge is 0.245 e. The smallest absolute Gasteiger partial charge is 0.172 e. The molecule has 0 amide bonds. The number of nitrogens with zero attached hydrogens (tertiary/aromatic N) is 6. The molecule has 136 valence electrons. The lowest BCUT2D eigenvalue weighted by atomic mass is 10.1. The first-order valence-corrected chi connectivity index (χ1v) is 10.3. The molecular weight excluding hydrogens is 352 g/mol. The summed E-state index contributed by atoms with van der Waals surface area (Å²) in [6.07, 6.45) is 3.67. The van der Waals surface area contributed by atoms with Gasteiger partial charge in [0.25, 0.3) is 0 Å². The number of aromatic nitrogens is 6. The summed E-state index contributed by atoms with van der Waals surface area (Å²) in [5.41, 5.74) is 2.30. The summed E-state index contributed by atoms with van der Waals surface area (Å²) in [5, 5.41) is 8.70. The minimum atomic E-state index is -2.99. The molecule has 0 N–H and O–H groups in total. The lowest BCUT2D eigenvalue weighted by Crippen LogP contribution is -2.13. The van der Waals surface area contributed by atoms with Crippen molar-refractivity contribution in [1.82, 2.24) is 29.5 Å². The summed E-state index contributed by atoms with van der Waals surface area (Å²) in [6.45, 7) is 3.02. The van der Waals surface area contributed by atoms with Crippen molar-refractivity contribution < 1.29 is 8.42 Å². The number of sulfone groups is 1. The molecule has 0 spiro atoms. The maximum atomic E-state index is 11.9. The highest BCUT2D eigenvalue weighted by Crippen LogP contribution is 2.28. The van der Waals surface area contributed by atoms with Crippen molar-refractivity contribution in [1.29, 1.82) is 0 Å². The Kier molecular flexibility index (Phi) is 4.31. The summed E-state index contributed by atoms with van der Waals surface area (Å²) < 4.78 is 27.3. The molecule has 1 atom stereocenters. The van der Waals surface area contributed by atoms with Gasteiger partial charge < -0.3 is 0 Å². The molecule has 9 heteroatoms. The normalized spacial score (nSPS) is 19.0. The zero-order chi connectivity index (χ0) is 18.1. The van der Waals surface area contributed by atoms with Crippen molar-refractivity contribution in [2.45, 2.75) is 32.4 Å². The molecule has 3 heterocycles. The second kappa shape index (κ2) is 6.64. The highest BCUT2D eigenvalue weighted by atomic mass is 32.2. The topological polar surface area (TPSA) is 95.6 Å². The van der Waals surface area contributed by atoms with Crippen LogP contribution >= 0.6 is 0 Å². The Balaban J connectivity index is 1.65. The van der Waals surface area contributed by atoms with Crippen molar-refractivity contribution in [2.75, 3.05) is 11.5 Å². The van der Waals surface area contributed by atoms with E-state index in [0.717, 1.165) is 11.4 Å². The van der Waals surface area contributed by atoms with Crippen molar-refractivity contribution in [3.63, 3.8) is 0 Å². The van der Waals surface area contributed by atoms with E-state index in [-0.39, 0.29) is 17.4 Å². The highest BCUT2D eigenvalue weighted by molar-refractivity contribution is 7.91. The average Bonchev–Trinajstić information content (AvgIpc) is 3.31. The van der Waals surface area contributed by atoms with Crippen molar-refractivity contribution in [2.24, 2.45) is 0 Å². The van der Waals surface area contributed by atoms with Crippen LogP contribution in [-0.2, 0) is 22.9 Å². The fourth-order valence-corrected chi connectivity index (χ4v) is 4.95. The molecule has 3 aromatic rings. The molecule has 0 radical (unpaired) electrons. The Morgan fingerprint density at radius 1 is 1.19 bits per heavy atom. The van der Waals surface area contributed by atoms with E-state index >= 15 is 0 Å². The molecule has 26 heavy (non-hydrogen) atoms. The van der Waals surface area contributed by atoms with Gasteiger partial charge >= 0.3 is 0 Å². The van der Waals surface area contributed by atoms with E-state index in [1.165, 1.54) is 11.9 Å². The molecule has 0 bridgehead atoms. The van der Waals surface area contributed by atoms with E-state index in [1.807, 2.05) is 11.6 Å². The maximum absolute atomic E-state index is 11.9. The zero-order valence-corrected chi connectivity index (χ0v) is 15.3. The Bertz CT molecular complexity index is 993. The van der Waals surface area contributed by atoms with Crippen LogP contribution in [0.4, 0.5) is 0 Å². The second-order valence-corrected chi connectivity index (χ2v) is 8.95. The molecule has 2 aromatic heterocycles. The average molecular weight is 372 g/mol. The molecule has 4 rings (SSSR count). The van der Waals surface area contributed by atoms with Gasteiger partial charge in [0, 0.05) is 5.92 Å². The molecule has 0 saturated carbocycles. The maximum Gasteiger partial charge on any atom is 0.172 e.